The quantitative estimate of drug-likeness (QED) is 0.381. The number of nitrogens with one attached hydrogen (secondary N) is 1. The van der Waals surface area contributed by atoms with E-state index < -0.39 is 0 Å². The Balaban J connectivity index is 2.03. The van der Waals surface area contributed by atoms with Crippen LogP contribution in [0.25, 0.3) is 0 Å². The van der Waals surface area contributed by atoms with Gasteiger partial charge in [-0.1, -0.05) is 45.4 Å². The molecule has 0 radical (unpaired) electrons. The van der Waals surface area contributed by atoms with Crippen LogP contribution < -0.4 is 5.43 Å². The van der Waals surface area contributed by atoms with Gasteiger partial charge in [0.25, 0.3) is 0 Å². The highest BCUT2D eigenvalue weighted by Crippen LogP contribution is 2.12. The van der Waals surface area contributed by atoms with E-state index >= 15 is 0 Å². The second-order valence-electron chi connectivity index (χ2n) is 5.10. The van der Waals surface area contributed by atoms with Crippen LogP contribution in [-0.4, -0.2) is 12.1 Å². The molecule has 112 valence electrons. The van der Waals surface area contributed by atoms with Crippen LogP contribution >= 0.6 is 11.3 Å². The van der Waals surface area contributed by atoms with Crippen LogP contribution in [0.5, 0.6) is 0 Å². The molecule has 0 bridgehead atoms. The normalized spacial score (nSPS) is 11.1. The SMILES string of the molecule is CCCCCCCCCC(=O)NN=Cc1ccsc1C. The molecule has 0 aliphatic carbocycles. The molecule has 3 nitrogen and oxygen atoms in total. The molecule has 0 aliphatic rings. The lowest BCUT2D eigenvalue weighted by Gasteiger charge is -2.01. The average molecular weight is 294 g/mol. The Bertz CT molecular complexity index is 412. The van der Waals surface area contributed by atoms with Crippen molar-refractivity contribution in [2.45, 2.75) is 65.2 Å². The first-order chi connectivity index (χ1) is 9.74. The van der Waals surface area contributed by atoms with Crippen molar-refractivity contribution < 1.29 is 4.79 Å². The van der Waals surface area contributed by atoms with Gasteiger partial charge < -0.3 is 0 Å². The summed E-state index contributed by atoms with van der Waals surface area (Å²) in [4.78, 5) is 12.8. The van der Waals surface area contributed by atoms with Crippen molar-refractivity contribution in [2.75, 3.05) is 0 Å². The van der Waals surface area contributed by atoms with E-state index in [-0.39, 0.29) is 5.91 Å². The molecule has 0 saturated heterocycles. The number of nitrogens with zero attached hydrogens (tertiary/aromatic N) is 1. The standard InChI is InChI=1S/C16H26N2OS/c1-3-4-5-6-7-8-9-10-16(19)18-17-13-15-11-12-20-14(15)2/h11-13H,3-10H2,1-2H3,(H,18,19). The first-order valence-corrected chi connectivity index (χ1v) is 8.48. The second kappa shape index (κ2) is 10.6. The number of thiophene rings is 1. The fourth-order valence-electron chi connectivity index (χ4n) is 2.00. The van der Waals surface area contributed by atoms with Gasteiger partial charge in [-0.15, -0.1) is 11.3 Å². The van der Waals surface area contributed by atoms with Crippen molar-refractivity contribution in [1.82, 2.24) is 5.43 Å². The van der Waals surface area contributed by atoms with Crippen LogP contribution in [0, 0.1) is 6.92 Å². The molecule has 0 fully saturated rings. The molecule has 0 unspecified atom stereocenters. The minimum absolute atomic E-state index is 0.0164. The number of hydrazone groups is 1. The molecule has 20 heavy (non-hydrogen) atoms. The summed E-state index contributed by atoms with van der Waals surface area (Å²) in [6, 6.07) is 2.01. The largest absolute Gasteiger partial charge is 0.273 e. The highest BCUT2D eigenvalue weighted by Gasteiger charge is 2.00. The third-order valence-electron chi connectivity index (χ3n) is 3.30. The Kier molecular flexibility index (Phi) is 8.96. The van der Waals surface area contributed by atoms with Gasteiger partial charge in [-0.05, 0) is 24.8 Å². The number of carbonyl (C=O) groups is 1. The number of aryl methyl sites for hydroxylation is 1. The number of rotatable bonds is 10. The van der Waals surface area contributed by atoms with E-state index in [1.165, 1.54) is 37.0 Å². The zero-order chi connectivity index (χ0) is 14.6. The van der Waals surface area contributed by atoms with Crippen LogP contribution in [0.15, 0.2) is 16.5 Å². The van der Waals surface area contributed by atoms with E-state index in [1.54, 1.807) is 17.6 Å². The zero-order valence-corrected chi connectivity index (χ0v) is 13.5. The summed E-state index contributed by atoms with van der Waals surface area (Å²) in [5, 5.41) is 6.02. The maximum atomic E-state index is 11.6. The maximum absolute atomic E-state index is 11.6. The van der Waals surface area contributed by atoms with Gasteiger partial charge in [-0.25, -0.2) is 5.43 Å². The number of hydrogen-bond donors (Lipinski definition) is 1. The molecule has 0 saturated carbocycles. The third kappa shape index (κ3) is 7.43. The molecule has 0 aliphatic heterocycles. The van der Waals surface area contributed by atoms with Crippen molar-refractivity contribution >= 4 is 23.5 Å². The monoisotopic (exact) mass is 294 g/mol. The van der Waals surface area contributed by atoms with E-state index in [0.29, 0.717) is 6.42 Å². The van der Waals surface area contributed by atoms with Gasteiger partial charge in [-0.2, -0.15) is 5.10 Å². The number of unbranched alkanes of at least 4 members (excludes halogenated alkanes) is 6. The van der Waals surface area contributed by atoms with Gasteiger partial charge >= 0.3 is 0 Å². The Morgan fingerprint density at radius 2 is 1.95 bits per heavy atom. The number of amides is 1. The van der Waals surface area contributed by atoms with Gasteiger partial charge in [-0.3, -0.25) is 4.79 Å². The minimum atomic E-state index is 0.0164. The summed E-state index contributed by atoms with van der Waals surface area (Å²) in [5.74, 6) is 0.0164. The molecular weight excluding hydrogens is 268 g/mol. The molecule has 0 atom stereocenters. The van der Waals surface area contributed by atoms with E-state index in [0.717, 1.165) is 18.4 Å². The Morgan fingerprint density at radius 3 is 2.60 bits per heavy atom. The zero-order valence-electron chi connectivity index (χ0n) is 12.7. The molecule has 1 heterocycles. The summed E-state index contributed by atoms with van der Waals surface area (Å²) in [7, 11) is 0. The fraction of sp³-hybridized carbons (Fsp3) is 0.625. The van der Waals surface area contributed by atoms with Gasteiger partial charge in [0, 0.05) is 16.9 Å². The minimum Gasteiger partial charge on any atom is -0.273 e. The molecule has 1 aromatic heterocycles. The number of hydrogen-bond acceptors (Lipinski definition) is 3. The fourth-order valence-corrected chi connectivity index (χ4v) is 2.68. The smallest absolute Gasteiger partial charge is 0.240 e. The average Bonchev–Trinajstić information content (AvgIpc) is 2.83. The maximum Gasteiger partial charge on any atom is 0.240 e. The predicted molar refractivity (Wildman–Crippen MR) is 87.4 cm³/mol. The van der Waals surface area contributed by atoms with Crippen molar-refractivity contribution in [3.8, 4) is 0 Å². The van der Waals surface area contributed by atoms with Crippen molar-refractivity contribution in [3.05, 3.63) is 21.9 Å². The molecular formula is C16H26N2OS. The van der Waals surface area contributed by atoms with Crippen LogP contribution in [0.2, 0.25) is 0 Å². The summed E-state index contributed by atoms with van der Waals surface area (Å²) >= 11 is 1.68. The third-order valence-corrected chi connectivity index (χ3v) is 4.16. The first kappa shape index (κ1) is 16.9. The van der Waals surface area contributed by atoms with Gasteiger partial charge in [0.05, 0.1) is 6.21 Å². The predicted octanol–water partition coefficient (Wildman–Crippen LogP) is 4.65. The Morgan fingerprint density at radius 1 is 1.25 bits per heavy atom. The topological polar surface area (TPSA) is 41.5 Å². The molecule has 1 amide bonds. The van der Waals surface area contributed by atoms with Gasteiger partial charge in [0.1, 0.15) is 0 Å². The highest BCUT2D eigenvalue weighted by atomic mass is 32.1. The summed E-state index contributed by atoms with van der Waals surface area (Å²) < 4.78 is 0. The summed E-state index contributed by atoms with van der Waals surface area (Å²) in [6.07, 6.45) is 10.9. The lowest BCUT2D eigenvalue weighted by atomic mass is 10.1. The van der Waals surface area contributed by atoms with Crippen molar-refractivity contribution in [1.29, 1.82) is 0 Å². The van der Waals surface area contributed by atoms with Crippen LogP contribution in [0.3, 0.4) is 0 Å². The lowest BCUT2D eigenvalue weighted by Crippen LogP contribution is -2.16. The first-order valence-electron chi connectivity index (χ1n) is 7.60. The molecule has 0 spiro atoms. The van der Waals surface area contributed by atoms with Crippen molar-refractivity contribution in [2.24, 2.45) is 5.10 Å². The molecule has 4 heteroatoms. The Labute approximate surface area is 126 Å². The summed E-state index contributed by atoms with van der Waals surface area (Å²) in [5.41, 5.74) is 3.67. The van der Waals surface area contributed by atoms with E-state index in [1.807, 2.05) is 18.4 Å². The lowest BCUT2D eigenvalue weighted by molar-refractivity contribution is -0.121. The van der Waals surface area contributed by atoms with Crippen LogP contribution in [-0.2, 0) is 4.79 Å². The molecule has 1 aromatic rings. The second-order valence-corrected chi connectivity index (χ2v) is 6.22. The van der Waals surface area contributed by atoms with E-state index in [9.17, 15) is 4.79 Å². The van der Waals surface area contributed by atoms with Crippen molar-refractivity contribution in [3.63, 3.8) is 0 Å². The highest BCUT2D eigenvalue weighted by molar-refractivity contribution is 7.10. The molecule has 0 aromatic carbocycles. The van der Waals surface area contributed by atoms with E-state index in [2.05, 4.69) is 17.5 Å². The summed E-state index contributed by atoms with van der Waals surface area (Å²) in [6.45, 7) is 4.27. The van der Waals surface area contributed by atoms with Crippen LogP contribution in [0.1, 0.15) is 68.7 Å². The van der Waals surface area contributed by atoms with Gasteiger partial charge in [0.2, 0.25) is 5.91 Å². The Hall–Kier alpha value is -1.16. The molecule has 1 rings (SSSR count). The molecule has 1 N–H and O–H groups in total. The van der Waals surface area contributed by atoms with Crippen LogP contribution in [0.4, 0.5) is 0 Å². The number of carbonyl (C=O) groups excluding carboxylic acids is 1. The van der Waals surface area contributed by atoms with E-state index in [4.69, 9.17) is 0 Å². The van der Waals surface area contributed by atoms with Gasteiger partial charge in [0.15, 0.2) is 0 Å².